The molecule has 0 spiro atoms. The molecule has 0 aliphatic rings. The van der Waals surface area contributed by atoms with Crippen LogP contribution in [0, 0.1) is 0 Å². The van der Waals surface area contributed by atoms with E-state index in [1.54, 1.807) is 0 Å². The molecular weight excluding hydrogens is 152 g/mol. The maximum Gasteiger partial charge on any atom is 0.146 e. The molecule has 0 aromatic carbocycles. The Morgan fingerprint density at radius 1 is 1.17 bits per heavy atom. The van der Waals surface area contributed by atoms with Crippen LogP contribution in [0.15, 0.2) is 12.7 Å². The summed E-state index contributed by atoms with van der Waals surface area (Å²) in [6.45, 7) is 7.79. The van der Waals surface area contributed by atoms with Crippen molar-refractivity contribution in [2.75, 3.05) is 20.0 Å². The standard InChI is InChI=1S/C10H20O2/c1-3-5-6-7-9-12-10-11-8-4-2/h3H,1,4-10H2,2H3. The molecule has 0 aliphatic heterocycles. The Kier molecular flexibility index (Phi) is 10.4. The molecule has 0 aromatic rings. The largest absolute Gasteiger partial charge is 0.355 e. The van der Waals surface area contributed by atoms with Gasteiger partial charge in [0.05, 0.1) is 0 Å². The molecule has 12 heavy (non-hydrogen) atoms. The zero-order valence-corrected chi connectivity index (χ0v) is 8.05. The van der Waals surface area contributed by atoms with E-state index in [1.165, 1.54) is 0 Å². The number of rotatable bonds is 9. The molecule has 0 aliphatic carbocycles. The second-order valence-electron chi connectivity index (χ2n) is 2.72. The third-order valence-electron chi connectivity index (χ3n) is 1.46. The SMILES string of the molecule is C=CCCCCOCOCCC. The van der Waals surface area contributed by atoms with Crippen LogP contribution in [0.2, 0.25) is 0 Å². The molecule has 0 amide bonds. The van der Waals surface area contributed by atoms with E-state index in [1.807, 2.05) is 6.08 Å². The highest BCUT2D eigenvalue weighted by molar-refractivity contribution is 4.64. The van der Waals surface area contributed by atoms with Gasteiger partial charge in [-0.25, -0.2) is 0 Å². The fourth-order valence-corrected chi connectivity index (χ4v) is 0.814. The van der Waals surface area contributed by atoms with Crippen LogP contribution < -0.4 is 0 Å². The van der Waals surface area contributed by atoms with E-state index in [-0.39, 0.29) is 0 Å². The lowest BCUT2D eigenvalue weighted by molar-refractivity contribution is -0.0542. The molecular formula is C10H20O2. The summed E-state index contributed by atoms with van der Waals surface area (Å²) in [5, 5.41) is 0. The molecule has 72 valence electrons. The summed E-state index contributed by atoms with van der Waals surface area (Å²) in [4.78, 5) is 0. The Labute approximate surface area is 75.6 Å². The van der Waals surface area contributed by atoms with Crippen molar-refractivity contribution in [1.29, 1.82) is 0 Å². The van der Waals surface area contributed by atoms with Crippen molar-refractivity contribution in [3.8, 4) is 0 Å². The lowest BCUT2D eigenvalue weighted by Crippen LogP contribution is -2.01. The summed E-state index contributed by atoms with van der Waals surface area (Å²) in [7, 11) is 0. The molecule has 0 radical (unpaired) electrons. The van der Waals surface area contributed by atoms with E-state index in [9.17, 15) is 0 Å². The Hall–Kier alpha value is -0.340. The number of hydrogen-bond donors (Lipinski definition) is 0. The van der Waals surface area contributed by atoms with Crippen LogP contribution in [0.1, 0.15) is 32.6 Å². The van der Waals surface area contributed by atoms with Crippen LogP contribution in [-0.2, 0) is 9.47 Å². The molecule has 0 saturated carbocycles. The first kappa shape index (κ1) is 11.7. The van der Waals surface area contributed by atoms with E-state index in [4.69, 9.17) is 9.47 Å². The average Bonchev–Trinajstić information content (AvgIpc) is 2.10. The van der Waals surface area contributed by atoms with Gasteiger partial charge in [-0.15, -0.1) is 6.58 Å². The Bertz CT molecular complexity index is 91.8. The van der Waals surface area contributed by atoms with Crippen molar-refractivity contribution in [3.05, 3.63) is 12.7 Å². The van der Waals surface area contributed by atoms with E-state index in [0.29, 0.717) is 6.79 Å². The minimum atomic E-state index is 0.446. The van der Waals surface area contributed by atoms with Gasteiger partial charge < -0.3 is 9.47 Å². The minimum absolute atomic E-state index is 0.446. The van der Waals surface area contributed by atoms with E-state index >= 15 is 0 Å². The lowest BCUT2D eigenvalue weighted by atomic mass is 10.2. The Morgan fingerprint density at radius 3 is 2.58 bits per heavy atom. The van der Waals surface area contributed by atoms with Gasteiger partial charge in [0.1, 0.15) is 6.79 Å². The third-order valence-corrected chi connectivity index (χ3v) is 1.46. The lowest BCUT2D eigenvalue weighted by Gasteiger charge is -2.03. The fourth-order valence-electron chi connectivity index (χ4n) is 0.814. The first-order chi connectivity index (χ1) is 5.91. The molecule has 0 bridgehead atoms. The minimum Gasteiger partial charge on any atom is -0.355 e. The highest BCUT2D eigenvalue weighted by Gasteiger charge is 1.87. The van der Waals surface area contributed by atoms with E-state index in [0.717, 1.165) is 38.9 Å². The maximum absolute atomic E-state index is 5.23. The van der Waals surface area contributed by atoms with Crippen molar-refractivity contribution < 1.29 is 9.47 Å². The average molecular weight is 172 g/mol. The second kappa shape index (κ2) is 10.7. The summed E-state index contributed by atoms with van der Waals surface area (Å²) in [5.74, 6) is 0. The molecule has 2 heteroatoms. The second-order valence-corrected chi connectivity index (χ2v) is 2.72. The Balaban J connectivity index is 2.77. The Morgan fingerprint density at radius 2 is 1.92 bits per heavy atom. The monoisotopic (exact) mass is 172 g/mol. The zero-order chi connectivity index (χ0) is 9.07. The summed E-state index contributed by atoms with van der Waals surface area (Å²) in [5.41, 5.74) is 0. The predicted octanol–water partition coefficient (Wildman–Crippen LogP) is 2.74. The molecule has 0 rings (SSSR count). The van der Waals surface area contributed by atoms with Gasteiger partial charge in [0.25, 0.3) is 0 Å². The van der Waals surface area contributed by atoms with Crippen molar-refractivity contribution >= 4 is 0 Å². The van der Waals surface area contributed by atoms with Crippen LogP contribution in [-0.4, -0.2) is 20.0 Å². The summed E-state index contributed by atoms with van der Waals surface area (Å²) >= 11 is 0. The van der Waals surface area contributed by atoms with Crippen molar-refractivity contribution in [2.24, 2.45) is 0 Å². The van der Waals surface area contributed by atoms with Gasteiger partial charge in [-0.2, -0.15) is 0 Å². The molecule has 0 heterocycles. The van der Waals surface area contributed by atoms with Crippen LogP contribution in [0.5, 0.6) is 0 Å². The normalized spacial score (nSPS) is 10.1. The number of allylic oxidation sites excluding steroid dienone is 1. The highest BCUT2D eigenvalue weighted by atomic mass is 16.7. The highest BCUT2D eigenvalue weighted by Crippen LogP contribution is 1.95. The van der Waals surface area contributed by atoms with Gasteiger partial charge in [-0.1, -0.05) is 13.0 Å². The first-order valence-electron chi connectivity index (χ1n) is 4.68. The number of hydrogen-bond acceptors (Lipinski definition) is 2. The van der Waals surface area contributed by atoms with Gasteiger partial charge >= 0.3 is 0 Å². The van der Waals surface area contributed by atoms with Gasteiger partial charge in [-0.3, -0.25) is 0 Å². The van der Waals surface area contributed by atoms with E-state index < -0.39 is 0 Å². The summed E-state index contributed by atoms with van der Waals surface area (Å²) in [6, 6.07) is 0. The topological polar surface area (TPSA) is 18.5 Å². The fraction of sp³-hybridized carbons (Fsp3) is 0.800. The first-order valence-corrected chi connectivity index (χ1v) is 4.68. The van der Waals surface area contributed by atoms with Crippen molar-refractivity contribution in [2.45, 2.75) is 32.6 Å². The van der Waals surface area contributed by atoms with Crippen LogP contribution >= 0.6 is 0 Å². The quantitative estimate of drug-likeness (QED) is 0.302. The van der Waals surface area contributed by atoms with Crippen LogP contribution in [0.3, 0.4) is 0 Å². The van der Waals surface area contributed by atoms with E-state index in [2.05, 4.69) is 13.5 Å². The number of ether oxygens (including phenoxy) is 2. The van der Waals surface area contributed by atoms with Gasteiger partial charge in [0.15, 0.2) is 0 Å². The van der Waals surface area contributed by atoms with Crippen LogP contribution in [0.4, 0.5) is 0 Å². The van der Waals surface area contributed by atoms with Crippen LogP contribution in [0.25, 0.3) is 0 Å². The van der Waals surface area contributed by atoms with Gasteiger partial charge in [0.2, 0.25) is 0 Å². The molecule has 0 saturated heterocycles. The zero-order valence-electron chi connectivity index (χ0n) is 8.05. The predicted molar refractivity (Wildman–Crippen MR) is 51.1 cm³/mol. The summed E-state index contributed by atoms with van der Waals surface area (Å²) in [6.07, 6.45) is 6.34. The molecule has 0 N–H and O–H groups in total. The van der Waals surface area contributed by atoms with Crippen molar-refractivity contribution in [1.82, 2.24) is 0 Å². The molecule has 0 fully saturated rings. The third kappa shape index (κ3) is 9.66. The smallest absolute Gasteiger partial charge is 0.146 e. The molecule has 0 unspecified atom stereocenters. The van der Waals surface area contributed by atoms with Gasteiger partial charge in [-0.05, 0) is 25.7 Å². The molecule has 0 aromatic heterocycles. The van der Waals surface area contributed by atoms with Gasteiger partial charge in [0, 0.05) is 13.2 Å². The summed E-state index contributed by atoms with van der Waals surface area (Å²) < 4.78 is 10.4. The maximum atomic E-state index is 5.23. The number of unbranched alkanes of at least 4 members (excludes halogenated alkanes) is 2. The molecule has 2 nitrogen and oxygen atoms in total. The van der Waals surface area contributed by atoms with Crippen molar-refractivity contribution in [3.63, 3.8) is 0 Å². The molecule has 0 atom stereocenters.